The van der Waals surface area contributed by atoms with Gasteiger partial charge in [0.1, 0.15) is 5.01 Å². The van der Waals surface area contributed by atoms with Crippen molar-refractivity contribution in [1.29, 1.82) is 0 Å². The molecule has 1 N–H and O–H groups in total. The van der Waals surface area contributed by atoms with Crippen LogP contribution >= 0.6 is 23.7 Å². The molecule has 1 fully saturated rings. The van der Waals surface area contributed by atoms with Crippen LogP contribution in [0.5, 0.6) is 0 Å². The second-order valence-electron chi connectivity index (χ2n) is 6.04. The Labute approximate surface area is 146 Å². The molecule has 0 aromatic carbocycles. The normalized spacial score (nSPS) is 16.6. The van der Waals surface area contributed by atoms with E-state index in [1.54, 1.807) is 0 Å². The maximum atomic E-state index is 11.9. The Balaban J connectivity index is 0.00000192. The molecule has 2 aromatic heterocycles. The molecule has 3 heterocycles. The van der Waals surface area contributed by atoms with Crippen LogP contribution in [-0.2, 0) is 6.54 Å². The first-order valence-electron chi connectivity index (χ1n) is 7.89. The Morgan fingerprint density at radius 3 is 2.83 bits per heavy atom. The van der Waals surface area contributed by atoms with Gasteiger partial charge in [-0.05, 0) is 58.8 Å². The summed E-state index contributed by atoms with van der Waals surface area (Å²) in [6.45, 7) is 6.01. The molecule has 1 aliphatic heterocycles. The molecule has 6 nitrogen and oxygen atoms in total. The van der Waals surface area contributed by atoms with Gasteiger partial charge in [0, 0.05) is 11.8 Å². The zero-order valence-corrected chi connectivity index (χ0v) is 15.3. The van der Waals surface area contributed by atoms with E-state index in [0.717, 1.165) is 42.8 Å². The average molecular weight is 358 g/mol. The van der Waals surface area contributed by atoms with E-state index in [9.17, 15) is 4.79 Å². The van der Waals surface area contributed by atoms with Gasteiger partial charge in [-0.1, -0.05) is 11.3 Å². The Bertz CT molecular complexity index is 693. The monoisotopic (exact) mass is 357 g/mol. The molecule has 0 spiro atoms. The van der Waals surface area contributed by atoms with E-state index in [1.807, 2.05) is 14.0 Å². The minimum Gasteiger partial charge on any atom is -0.320 e. The van der Waals surface area contributed by atoms with Gasteiger partial charge in [-0.25, -0.2) is 4.98 Å². The summed E-state index contributed by atoms with van der Waals surface area (Å²) in [7, 11) is 2.01. The number of hydrogen-bond acceptors (Lipinski definition) is 6. The Morgan fingerprint density at radius 1 is 1.39 bits per heavy atom. The molecule has 23 heavy (non-hydrogen) atoms. The second kappa shape index (κ2) is 8.19. The lowest BCUT2D eigenvalue weighted by molar-refractivity contribution is 0.172. The number of halogens is 1. The molecule has 8 heteroatoms. The number of hydrogen-bond donors (Lipinski definition) is 1. The van der Waals surface area contributed by atoms with Crippen molar-refractivity contribution in [1.82, 2.24) is 24.8 Å². The third-order valence-electron chi connectivity index (χ3n) is 4.28. The molecule has 2 aromatic rings. The molecule has 1 saturated heterocycles. The summed E-state index contributed by atoms with van der Waals surface area (Å²) >= 11 is 1.52. The van der Waals surface area contributed by atoms with Gasteiger partial charge in [0.05, 0.1) is 6.54 Å². The zero-order valence-electron chi connectivity index (χ0n) is 13.6. The number of nitrogens with zero attached hydrogens (tertiary/aromatic N) is 4. The smallest absolute Gasteiger partial charge is 0.275 e. The van der Waals surface area contributed by atoms with Crippen LogP contribution in [0.4, 0.5) is 0 Å². The van der Waals surface area contributed by atoms with E-state index in [2.05, 4.69) is 20.3 Å². The molecule has 0 aliphatic carbocycles. The second-order valence-corrected chi connectivity index (χ2v) is 7.08. The third kappa shape index (κ3) is 4.50. The molecule has 1 aliphatic rings. The van der Waals surface area contributed by atoms with Gasteiger partial charge in [0.15, 0.2) is 0 Å². The molecule has 0 radical (unpaired) electrons. The van der Waals surface area contributed by atoms with Crippen LogP contribution in [0.2, 0.25) is 0 Å². The van der Waals surface area contributed by atoms with E-state index >= 15 is 0 Å². The van der Waals surface area contributed by atoms with Gasteiger partial charge in [-0.3, -0.25) is 9.69 Å². The highest BCUT2D eigenvalue weighted by Gasteiger charge is 2.20. The molecule has 128 valence electrons. The van der Waals surface area contributed by atoms with Crippen molar-refractivity contribution >= 4 is 28.7 Å². The molecule has 0 saturated carbocycles. The summed E-state index contributed by atoms with van der Waals surface area (Å²) in [4.78, 5) is 19.4. The van der Waals surface area contributed by atoms with E-state index in [1.165, 1.54) is 41.2 Å². The van der Waals surface area contributed by atoms with Crippen LogP contribution in [0.1, 0.15) is 30.0 Å². The first kappa shape index (κ1) is 18.3. The highest BCUT2D eigenvalue weighted by atomic mass is 35.5. The average Bonchev–Trinajstić information content (AvgIpc) is 2.89. The Morgan fingerprint density at radius 2 is 2.13 bits per heavy atom. The zero-order chi connectivity index (χ0) is 15.5. The lowest BCUT2D eigenvalue weighted by atomic mass is 9.93. The van der Waals surface area contributed by atoms with Crippen LogP contribution in [0.15, 0.2) is 10.9 Å². The maximum absolute atomic E-state index is 11.9. The van der Waals surface area contributed by atoms with Crippen LogP contribution in [0, 0.1) is 12.8 Å². The number of nitrogens with one attached hydrogen (secondary N) is 1. The summed E-state index contributed by atoms with van der Waals surface area (Å²) in [5, 5.41) is 8.63. The van der Waals surface area contributed by atoms with Gasteiger partial charge in [0.25, 0.3) is 5.56 Å². The molecular weight excluding hydrogens is 334 g/mol. The number of aromatic nitrogens is 3. The molecule has 0 unspecified atom stereocenters. The summed E-state index contributed by atoms with van der Waals surface area (Å²) in [5.74, 6) is 0.839. The minimum atomic E-state index is -0.0872. The van der Waals surface area contributed by atoms with Crippen molar-refractivity contribution in [2.45, 2.75) is 32.7 Å². The quantitative estimate of drug-likeness (QED) is 0.882. The predicted octanol–water partition coefficient (Wildman–Crippen LogP) is 1.70. The van der Waals surface area contributed by atoms with Crippen molar-refractivity contribution in [2.75, 3.05) is 26.7 Å². The Kier molecular flexibility index (Phi) is 6.52. The fraction of sp³-hybridized carbons (Fsp3) is 0.667. The number of likely N-dealkylation sites (tertiary alicyclic amines) is 1. The predicted molar refractivity (Wildman–Crippen MR) is 95.7 cm³/mol. The summed E-state index contributed by atoms with van der Waals surface area (Å²) in [5.41, 5.74) is 0.668. The summed E-state index contributed by atoms with van der Waals surface area (Å²) < 4.78 is 1.42. The largest absolute Gasteiger partial charge is 0.320 e. The van der Waals surface area contributed by atoms with E-state index < -0.39 is 0 Å². The highest BCUT2D eigenvalue weighted by molar-refractivity contribution is 7.16. The summed E-state index contributed by atoms with van der Waals surface area (Å²) in [6, 6.07) is 1.53. The van der Waals surface area contributed by atoms with Gasteiger partial charge in [0.2, 0.25) is 4.96 Å². The molecule has 0 atom stereocenters. The van der Waals surface area contributed by atoms with Gasteiger partial charge >= 0.3 is 0 Å². The topological polar surface area (TPSA) is 62.5 Å². The van der Waals surface area contributed by atoms with Crippen LogP contribution in [-0.4, -0.2) is 46.2 Å². The first-order chi connectivity index (χ1) is 10.7. The van der Waals surface area contributed by atoms with Gasteiger partial charge in [-0.15, -0.1) is 12.4 Å². The fourth-order valence-electron chi connectivity index (χ4n) is 3.00. The molecule has 0 amide bonds. The molecule has 0 bridgehead atoms. The number of rotatable bonds is 5. The van der Waals surface area contributed by atoms with E-state index in [-0.39, 0.29) is 18.0 Å². The highest BCUT2D eigenvalue weighted by Crippen LogP contribution is 2.22. The van der Waals surface area contributed by atoms with Crippen molar-refractivity contribution < 1.29 is 0 Å². The lowest BCUT2D eigenvalue weighted by Crippen LogP contribution is -2.34. The minimum absolute atomic E-state index is 0. The SMILES string of the molecule is CNCCC1CCN(Cc2nn3c(=O)cc(C)nc3s2)CC1.Cl. The third-order valence-corrected chi connectivity index (χ3v) is 5.18. The molecule has 3 rings (SSSR count). The summed E-state index contributed by atoms with van der Waals surface area (Å²) in [6.07, 6.45) is 3.78. The van der Waals surface area contributed by atoms with Crippen molar-refractivity contribution in [2.24, 2.45) is 5.92 Å². The standard InChI is InChI=1S/C15H23N5OS.ClH/c1-11-9-14(21)20-15(17-11)22-13(18-20)10-19-7-4-12(5-8-19)3-6-16-2;/h9,12,16H,3-8,10H2,1-2H3;1H. The van der Waals surface area contributed by atoms with Gasteiger partial charge in [-0.2, -0.15) is 9.61 Å². The van der Waals surface area contributed by atoms with E-state index in [4.69, 9.17) is 0 Å². The van der Waals surface area contributed by atoms with Crippen molar-refractivity contribution in [3.05, 3.63) is 27.1 Å². The van der Waals surface area contributed by atoms with Gasteiger partial charge < -0.3 is 5.32 Å². The number of aryl methyl sites for hydroxylation is 1. The van der Waals surface area contributed by atoms with Crippen molar-refractivity contribution in [3.8, 4) is 0 Å². The van der Waals surface area contributed by atoms with Crippen LogP contribution in [0.3, 0.4) is 0 Å². The van der Waals surface area contributed by atoms with Crippen molar-refractivity contribution in [3.63, 3.8) is 0 Å². The number of piperidine rings is 1. The fourth-order valence-corrected chi connectivity index (χ4v) is 3.98. The molecular formula is C15H24ClN5OS. The maximum Gasteiger partial charge on any atom is 0.275 e. The number of fused-ring (bicyclic) bond motifs is 1. The van der Waals surface area contributed by atoms with Crippen LogP contribution in [0.25, 0.3) is 4.96 Å². The first-order valence-corrected chi connectivity index (χ1v) is 8.70. The Hall–Kier alpha value is -1.02. The lowest BCUT2D eigenvalue weighted by Gasteiger charge is -2.31. The van der Waals surface area contributed by atoms with E-state index in [0.29, 0.717) is 4.96 Å². The van der Waals surface area contributed by atoms with Crippen LogP contribution < -0.4 is 10.9 Å².